The van der Waals surface area contributed by atoms with E-state index < -0.39 is 6.04 Å². The molecule has 0 aliphatic carbocycles. The Morgan fingerprint density at radius 3 is 2.62 bits per heavy atom. The van der Waals surface area contributed by atoms with Crippen LogP contribution in [0.1, 0.15) is 24.5 Å². The molecule has 150 valence electrons. The van der Waals surface area contributed by atoms with Crippen LogP contribution in [0.3, 0.4) is 0 Å². The van der Waals surface area contributed by atoms with Crippen LogP contribution >= 0.6 is 0 Å². The minimum atomic E-state index is -0.838. The zero-order valence-electron chi connectivity index (χ0n) is 16.4. The highest BCUT2D eigenvalue weighted by Gasteiger charge is 2.28. The number of aryl methyl sites for hydroxylation is 2. The number of nitrogens with zero attached hydrogens (tertiary/aromatic N) is 2. The van der Waals surface area contributed by atoms with Crippen LogP contribution < -0.4 is 21.7 Å². The van der Waals surface area contributed by atoms with E-state index >= 15 is 0 Å². The molecule has 0 saturated heterocycles. The van der Waals surface area contributed by atoms with E-state index in [4.69, 9.17) is 5.73 Å². The Bertz CT molecular complexity index is 965. The SMILES string of the molecule is CCc1ccccc1NC(=O)CC1N=C(/N=C(\N)Nc2ccc(C)cc2)NC1=O. The molecule has 1 aliphatic rings. The third kappa shape index (κ3) is 5.41. The lowest BCUT2D eigenvalue weighted by molar-refractivity contribution is -0.123. The van der Waals surface area contributed by atoms with Gasteiger partial charge in [0.15, 0.2) is 0 Å². The van der Waals surface area contributed by atoms with Gasteiger partial charge in [-0.15, -0.1) is 0 Å². The van der Waals surface area contributed by atoms with Gasteiger partial charge in [-0.1, -0.05) is 42.8 Å². The van der Waals surface area contributed by atoms with E-state index in [1.165, 1.54) is 0 Å². The highest BCUT2D eigenvalue weighted by atomic mass is 16.2. The van der Waals surface area contributed by atoms with E-state index in [2.05, 4.69) is 25.9 Å². The maximum absolute atomic E-state index is 12.3. The van der Waals surface area contributed by atoms with Crippen LogP contribution in [0.5, 0.6) is 0 Å². The van der Waals surface area contributed by atoms with Gasteiger partial charge in [0.1, 0.15) is 6.04 Å². The number of benzene rings is 2. The molecule has 2 amide bonds. The van der Waals surface area contributed by atoms with Crippen molar-refractivity contribution in [3.63, 3.8) is 0 Å². The molecule has 5 N–H and O–H groups in total. The highest BCUT2D eigenvalue weighted by Crippen LogP contribution is 2.17. The maximum atomic E-state index is 12.3. The summed E-state index contributed by atoms with van der Waals surface area (Å²) in [4.78, 5) is 32.7. The fraction of sp³-hybridized carbons (Fsp3) is 0.238. The summed E-state index contributed by atoms with van der Waals surface area (Å²) in [6.45, 7) is 4.00. The minimum absolute atomic E-state index is 0.0752. The first-order valence-corrected chi connectivity index (χ1v) is 9.39. The maximum Gasteiger partial charge on any atom is 0.252 e. The van der Waals surface area contributed by atoms with Gasteiger partial charge in [0.2, 0.25) is 17.8 Å². The van der Waals surface area contributed by atoms with E-state index in [0.717, 1.165) is 28.9 Å². The third-order valence-corrected chi connectivity index (χ3v) is 4.42. The van der Waals surface area contributed by atoms with Gasteiger partial charge in [-0.3, -0.25) is 14.9 Å². The van der Waals surface area contributed by atoms with Gasteiger partial charge in [0, 0.05) is 11.4 Å². The number of hydrogen-bond donors (Lipinski definition) is 4. The Labute approximate surface area is 169 Å². The largest absolute Gasteiger partial charge is 0.369 e. The smallest absolute Gasteiger partial charge is 0.252 e. The summed E-state index contributed by atoms with van der Waals surface area (Å²) in [6.07, 6.45) is 0.721. The fourth-order valence-electron chi connectivity index (χ4n) is 2.88. The van der Waals surface area contributed by atoms with Gasteiger partial charge in [0.05, 0.1) is 6.42 Å². The van der Waals surface area contributed by atoms with Crippen LogP contribution in [0.15, 0.2) is 58.5 Å². The van der Waals surface area contributed by atoms with Gasteiger partial charge in [0.25, 0.3) is 5.91 Å². The normalized spacial score (nSPS) is 16.2. The summed E-state index contributed by atoms with van der Waals surface area (Å²) in [5.74, 6) is -0.495. The standard InChI is InChI=1S/C21H24N6O2/c1-3-14-6-4-5-7-16(14)24-18(28)12-17-19(29)26-21(25-17)27-20(22)23-15-10-8-13(2)9-11-15/h4-11,17H,3,12H2,1-2H3,(H,24,28)(H4,22,23,25,26,27,29). The summed E-state index contributed by atoms with van der Waals surface area (Å²) in [5.41, 5.74) is 9.55. The lowest BCUT2D eigenvalue weighted by Crippen LogP contribution is -2.32. The molecule has 0 fully saturated rings. The van der Waals surface area contributed by atoms with Gasteiger partial charge in [-0.05, 0) is 37.1 Å². The van der Waals surface area contributed by atoms with Crippen LogP contribution in [0.25, 0.3) is 0 Å². The third-order valence-electron chi connectivity index (χ3n) is 4.42. The predicted octanol–water partition coefficient (Wildman–Crippen LogP) is 2.17. The number of carbonyl (C=O) groups excluding carboxylic acids is 2. The van der Waals surface area contributed by atoms with Crippen molar-refractivity contribution in [3.8, 4) is 0 Å². The molecule has 1 aliphatic heterocycles. The number of para-hydroxylation sites is 1. The second-order valence-electron chi connectivity index (χ2n) is 6.71. The quantitative estimate of drug-likeness (QED) is 0.460. The Morgan fingerprint density at radius 1 is 1.17 bits per heavy atom. The molecule has 29 heavy (non-hydrogen) atoms. The molecule has 0 bridgehead atoms. The first-order chi connectivity index (χ1) is 13.9. The highest BCUT2D eigenvalue weighted by molar-refractivity contribution is 6.11. The van der Waals surface area contributed by atoms with E-state index in [1.807, 2.05) is 62.4 Å². The van der Waals surface area contributed by atoms with Crippen molar-refractivity contribution in [3.05, 3.63) is 59.7 Å². The van der Waals surface area contributed by atoms with Gasteiger partial charge in [-0.2, -0.15) is 4.99 Å². The van der Waals surface area contributed by atoms with Crippen molar-refractivity contribution in [1.29, 1.82) is 0 Å². The average Bonchev–Trinajstić information content (AvgIpc) is 3.02. The zero-order valence-corrected chi connectivity index (χ0v) is 16.4. The van der Waals surface area contributed by atoms with Crippen LogP contribution in [0, 0.1) is 6.92 Å². The molecule has 0 radical (unpaired) electrons. The lowest BCUT2D eigenvalue weighted by Gasteiger charge is -2.10. The van der Waals surface area contributed by atoms with Crippen molar-refractivity contribution >= 4 is 35.1 Å². The Morgan fingerprint density at radius 2 is 1.90 bits per heavy atom. The predicted molar refractivity (Wildman–Crippen MR) is 115 cm³/mol. The Balaban J connectivity index is 1.61. The molecule has 2 aromatic carbocycles. The van der Waals surface area contributed by atoms with E-state index in [9.17, 15) is 9.59 Å². The first kappa shape index (κ1) is 20.1. The van der Waals surface area contributed by atoms with Crippen molar-refractivity contribution in [2.75, 3.05) is 10.6 Å². The van der Waals surface area contributed by atoms with Crippen molar-refractivity contribution in [2.24, 2.45) is 15.7 Å². The molecule has 1 atom stereocenters. The fourth-order valence-corrected chi connectivity index (χ4v) is 2.88. The lowest BCUT2D eigenvalue weighted by atomic mass is 10.1. The number of nitrogens with two attached hydrogens (primary N) is 1. The van der Waals surface area contributed by atoms with Crippen LogP contribution in [-0.4, -0.2) is 29.8 Å². The summed E-state index contributed by atoms with van der Waals surface area (Å²) in [5, 5.41) is 8.31. The van der Waals surface area contributed by atoms with Crippen molar-refractivity contribution < 1.29 is 9.59 Å². The van der Waals surface area contributed by atoms with Gasteiger partial charge < -0.3 is 16.4 Å². The number of anilines is 2. The topological polar surface area (TPSA) is 121 Å². The zero-order chi connectivity index (χ0) is 20.8. The van der Waals surface area contributed by atoms with Crippen LogP contribution in [0.2, 0.25) is 0 Å². The second kappa shape index (κ2) is 9.01. The van der Waals surface area contributed by atoms with Crippen LogP contribution in [-0.2, 0) is 16.0 Å². The summed E-state index contributed by atoms with van der Waals surface area (Å²) >= 11 is 0. The van der Waals surface area contributed by atoms with E-state index in [0.29, 0.717) is 0 Å². The summed E-state index contributed by atoms with van der Waals surface area (Å²) < 4.78 is 0. The average molecular weight is 392 g/mol. The summed E-state index contributed by atoms with van der Waals surface area (Å²) in [7, 11) is 0. The molecule has 1 heterocycles. The summed E-state index contributed by atoms with van der Waals surface area (Å²) in [6, 6.07) is 14.3. The molecule has 8 heteroatoms. The van der Waals surface area contributed by atoms with Gasteiger partial charge in [-0.25, -0.2) is 4.99 Å². The second-order valence-corrected chi connectivity index (χ2v) is 6.71. The molecule has 8 nitrogen and oxygen atoms in total. The molecule has 0 spiro atoms. The molecule has 3 rings (SSSR count). The number of hydrogen-bond acceptors (Lipinski definition) is 4. The molecule has 0 saturated carbocycles. The molecule has 0 aromatic heterocycles. The molecule has 1 unspecified atom stereocenters. The number of amides is 2. The van der Waals surface area contributed by atoms with Gasteiger partial charge >= 0.3 is 0 Å². The van der Waals surface area contributed by atoms with E-state index in [-0.39, 0.29) is 30.2 Å². The number of nitrogens with one attached hydrogen (secondary N) is 3. The van der Waals surface area contributed by atoms with E-state index in [1.54, 1.807) is 0 Å². The number of rotatable bonds is 5. The number of guanidine groups is 2. The van der Waals surface area contributed by atoms with Crippen molar-refractivity contribution in [2.45, 2.75) is 32.7 Å². The minimum Gasteiger partial charge on any atom is -0.369 e. The van der Waals surface area contributed by atoms with Crippen molar-refractivity contribution in [1.82, 2.24) is 5.32 Å². The monoisotopic (exact) mass is 392 g/mol. The molecular weight excluding hydrogens is 368 g/mol. The first-order valence-electron chi connectivity index (χ1n) is 9.39. The Kier molecular flexibility index (Phi) is 6.23. The molecule has 2 aromatic rings. The molecular formula is C21H24N6O2. The number of carbonyl (C=O) groups is 2. The van der Waals surface area contributed by atoms with Crippen LogP contribution in [0.4, 0.5) is 11.4 Å². The Hall–Kier alpha value is -3.68. The number of aliphatic imine (C=N–C) groups is 2.